The number of benzene rings is 1. The van der Waals surface area contributed by atoms with Crippen molar-refractivity contribution in [2.45, 2.75) is 0 Å². The Kier molecular flexibility index (Phi) is 3.15. The van der Waals surface area contributed by atoms with E-state index < -0.39 is 5.97 Å². The Bertz CT molecular complexity index is 562. The van der Waals surface area contributed by atoms with Crippen molar-refractivity contribution in [1.29, 1.82) is 0 Å². The molecule has 0 atom stereocenters. The summed E-state index contributed by atoms with van der Waals surface area (Å²) in [6.45, 7) is 0. The lowest BCUT2D eigenvalue weighted by atomic mass is 10.2. The first-order valence-electron chi connectivity index (χ1n) is 4.60. The van der Waals surface area contributed by atoms with Crippen molar-refractivity contribution in [2.75, 3.05) is 5.32 Å². The van der Waals surface area contributed by atoms with Gasteiger partial charge in [-0.1, -0.05) is 6.07 Å². The van der Waals surface area contributed by atoms with Crippen LogP contribution in [0.3, 0.4) is 0 Å². The van der Waals surface area contributed by atoms with Crippen LogP contribution in [0.4, 0.5) is 11.6 Å². The van der Waals surface area contributed by atoms with E-state index in [0.29, 0.717) is 5.69 Å². The molecule has 0 radical (unpaired) electrons. The van der Waals surface area contributed by atoms with E-state index >= 15 is 0 Å². The molecule has 0 fully saturated rings. The van der Waals surface area contributed by atoms with Gasteiger partial charge in [-0.15, -0.1) is 0 Å². The maximum Gasteiger partial charge on any atom is 0.335 e. The lowest BCUT2D eigenvalue weighted by Crippen LogP contribution is -2.00. The first-order valence-corrected chi connectivity index (χ1v) is 4.98. The smallest absolute Gasteiger partial charge is 0.335 e. The SMILES string of the molecule is O=C(O)c1cccc(Nc2ncnc(Cl)n2)c1. The molecular weight excluding hydrogens is 244 g/mol. The maximum atomic E-state index is 10.8. The second-order valence-electron chi connectivity index (χ2n) is 3.09. The minimum absolute atomic E-state index is 0.0666. The molecule has 7 heteroatoms. The van der Waals surface area contributed by atoms with Crippen LogP contribution < -0.4 is 5.32 Å². The van der Waals surface area contributed by atoms with E-state index in [0.717, 1.165) is 0 Å². The zero-order valence-electron chi connectivity index (χ0n) is 8.46. The van der Waals surface area contributed by atoms with Crippen LogP contribution in [0.5, 0.6) is 0 Å². The van der Waals surface area contributed by atoms with Crippen molar-refractivity contribution in [3.63, 3.8) is 0 Å². The van der Waals surface area contributed by atoms with Gasteiger partial charge in [0.1, 0.15) is 6.33 Å². The van der Waals surface area contributed by atoms with Gasteiger partial charge in [-0.25, -0.2) is 14.8 Å². The number of aromatic carboxylic acids is 1. The molecule has 1 aromatic heterocycles. The third kappa shape index (κ3) is 2.88. The monoisotopic (exact) mass is 250 g/mol. The van der Waals surface area contributed by atoms with Gasteiger partial charge in [0, 0.05) is 5.69 Å². The number of aromatic nitrogens is 3. The molecule has 0 aliphatic carbocycles. The molecule has 1 heterocycles. The molecule has 0 spiro atoms. The summed E-state index contributed by atoms with van der Waals surface area (Å²) in [7, 11) is 0. The number of halogens is 1. The largest absolute Gasteiger partial charge is 0.478 e. The molecule has 6 nitrogen and oxygen atoms in total. The summed E-state index contributed by atoms with van der Waals surface area (Å²) < 4.78 is 0. The molecule has 86 valence electrons. The first kappa shape index (κ1) is 11.3. The van der Waals surface area contributed by atoms with Crippen LogP contribution in [0.1, 0.15) is 10.4 Å². The standard InChI is InChI=1S/C10H7ClN4O2/c11-9-12-5-13-10(15-9)14-7-3-1-2-6(4-7)8(16)17/h1-5H,(H,16,17)(H,12,13,14,15). The topological polar surface area (TPSA) is 88.0 Å². The second kappa shape index (κ2) is 4.75. The van der Waals surface area contributed by atoms with Crippen LogP contribution in [0.25, 0.3) is 0 Å². The van der Waals surface area contributed by atoms with E-state index in [1.807, 2.05) is 0 Å². The molecule has 1 aromatic carbocycles. The number of anilines is 2. The second-order valence-corrected chi connectivity index (χ2v) is 3.43. The Morgan fingerprint density at radius 1 is 1.35 bits per heavy atom. The fourth-order valence-electron chi connectivity index (χ4n) is 1.20. The number of hydrogen-bond acceptors (Lipinski definition) is 5. The third-order valence-corrected chi connectivity index (χ3v) is 2.09. The zero-order chi connectivity index (χ0) is 12.3. The summed E-state index contributed by atoms with van der Waals surface area (Å²) >= 11 is 5.60. The van der Waals surface area contributed by atoms with Crippen molar-refractivity contribution in [2.24, 2.45) is 0 Å². The predicted octanol–water partition coefficient (Wildman–Crippen LogP) is 1.97. The van der Waals surface area contributed by atoms with Gasteiger partial charge in [0.2, 0.25) is 11.2 Å². The highest BCUT2D eigenvalue weighted by Gasteiger charge is 2.04. The minimum atomic E-state index is -0.998. The summed E-state index contributed by atoms with van der Waals surface area (Å²) in [5, 5.41) is 11.7. The van der Waals surface area contributed by atoms with Crippen molar-refractivity contribution in [3.8, 4) is 0 Å². The van der Waals surface area contributed by atoms with Gasteiger partial charge in [0.15, 0.2) is 0 Å². The lowest BCUT2D eigenvalue weighted by Gasteiger charge is -2.04. The highest BCUT2D eigenvalue weighted by Crippen LogP contribution is 2.15. The number of nitrogens with one attached hydrogen (secondary N) is 1. The number of hydrogen-bond donors (Lipinski definition) is 2. The first-order chi connectivity index (χ1) is 8.15. The van der Waals surface area contributed by atoms with Gasteiger partial charge in [0.05, 0.1) is 5.56 Å². The number of carbonyl (C=O) groups is 1. The van der Waals surface area contributed by atoms with Gasteiger partial charge >= 0.3 is 5.97 Å². The average Bonchev–Trinajstić information content (AvgIpc) is 2.29. The van der Waals surface area contributed by atoms with E-state index in [-0.39, 0.29) is 16.8 Å². The average molecular weight is 251 g/mol. The van der Waals surface area contributed by atoms with E-state index in [4.69, 9.17) is 16.7 Å². The summed E-state index contributed by atoms with van der Waals surface area (Å²) in [6.07, 6.45) is 1.26. The molecule has 2 aromatic rings. The van der Waals surface area contributed by atoms with Gasteiger partial charge in [-0.3, -0.25) is 0 Å². The summed E-state index contributed by atoms with van der Waals surface area (Å²) in [6, 6.07) is 6.28. The molecule has 2 N–H and O–H groups in total. The number of rotatable bonds is 3. The molecule has 0 unspecified atom stereocenters. The number of carboxylic acids is 1. The molecule has 0 aliphatic rings. The third-order valence-electron chi connectivity index (χ3n) is 1.91. The summed E-state index contributed by atoms with van der Waals surface area (Å²) in [4.78, 5) is 22.1. The van der Waals surface area contributed by atoms with Crippen molar-refractivity contribution >= 4 is 29.2 Å². The highest BCUT2D eigenvalue weighted by molar-refractivity contribution is 6.28. The molecule has 0 saturated heterocycles. The molecule has 0 saturated carbocycles. The van der Waals surface area contributed by atoms with Crippen molar-refractivity contribution in [3.05, 3.63) is 41.4 Å². The van der Waals surface area contributed by atoms with Crippen LogP contribution in [0, 0.1) is 0 Å². The molecular formula is C10H7ClN4O2. The minimum Gasteiger partial charge on any atom is -0.478 e. The Morgan fingerprint density at radius 2 is 2.18 bits per heavy atom. The van der Waals surface area contributed by atoms with Gasteiger partial charge in [-0.2, -0.15) is 4.98 Å². The highest BCUT2D eigenvalue weighted by atomic mass is 35.5. The Morgan fingerprint density at radius 3 is 2.88 bits per heavy atom. The normalized spacial score (nSPS) is 9.94. The number of carboxylic acid groups (broad SMARTS) is 1. The predicted molar refractivity (Wildman–Crippen MR) is 61.5 cm³/mol. The zero-order valence-corrected chi connectivity index (χ0v) is 9.22. The van der Waals surface area contributed by atoms with Crippen LogP contribution in [0.2, 0.25) is 5.28 Å². The van der Waals surface area contributed by atoms with Crippen LogP contribution in [-0.2, 0) is 0 Å². The summed E-state index contributed by atoms with van der Waals surface area (Å²) in [5.41, 5.74) is 0.738. The summed E-state index contributed by atoms with van der Waals surface area (Å²) in [5.74, 6) is -0.741. The molecule has 0 bridgehead atoms. The van der Waals surface area contributed by atoms with E-state index in [1.54, 1.807) is 12.1 Å². The van der Waals surface area contributed by atoms with E-state index in [1.165, 1.54) is 18.5 Å². The molecule has 2 rings (SSSR count). The quantitative estimate of drug-likeness (QED) is 0.866. The Balaban J connectivity index is 2.24. The van der Waals surface area contributed by atoms with Gasteiger partial charge in [-0.05, 0) is 29.8 Å². The van der Waals surface area contributed by atoms with Gasteiger partial charge in [0.25, 0.3) is 0 Å². The molecule has 0 aliphatic heterocycles. The fraction of sp³-hybridized carbons (Fsp3) is 0. The van der Waals surface area contributed by atoms with Crippen LogP contribution >= 0.6 is 11.6 Å². The fourth-order valence-corrected chi connectivity index (χ4v) is 1.32. The van der Waals surface area contributed by atoms with Crippen LogP contribution in [0.15, 0.2) is 30.6 Å². The van der Waals surface area contributed by atoms with E-state index in [2.05, 4.69) is 20.3 Å². The Hall–Kier alpha value is -2.21. The van der Waals surface area contributed by atoms with Crippen molar-refractivity contribution < 1.29 is 9.90 Å². The molecule has 0 amide bonds. The Labute approximate surface area is 101 Å². The van der Waals surface area contributed by atoms with Gasteiger partial charge < -0.3 is 10.4 Å². The molecule has 17 heavy (non-hydrogen) atoms. The van der Waals surface area contributed by atoms with E-state index in [9.17, 15) is 4.79 Å². The maximum absolute atomic E-state index is 10.8. The lowest BCUT2D eigenvalue weighted by molar-refractivity contribution is 0.0697. The van der Waals surface area contributed by atoms with Crippen molar-refractivity contribution in [1.82, 2.24) is 15.0 Å². The van der Waals surface area contributed by atoms with Crippen LogP contribution in [-0.4, -0.2) is 26.0 Å². The number of nitrogens with zero attached hydrogens (tertiary/aromatic N) is 3.